The molecule has 0 fully saturated rings. The van der Waals surface area contributed by atoms with Crippen molar-refractivity contribution in [3.05, 3.63) is 138 Å². The Morgan fingerprint density at radius 1 is 0.536 bits per heavy atom. The van der Waals surface area contributed by atoms with Gasteiger partial charge in [-0.3, -0.25) is 19.6 Å². The quantitative estimate of drug-likeness (QED) is 0.0701. The molecule has 9 rings (SSSR count). The Morgan fingerprint density at radius 3 is 1.30 bits per heavy atom. The maximum Gasteiger partial charge on any atom is 0.262 e. The Balaban J connectivity index is 0.841. The van der Waals surface area contributed by atoms with E-state index in [9.17, 15) is 9.59 Å². The monoisotopic (exact) mass is 808 g/mol. The highest BCUT2D eigenvalue weighted by Crippen LogP contribution is 2.35. The summed E-state index contributed by atoms with van der Waals surface area (Å²) in [6.45, 7) is 0. The summed E-state index contributed by atoms with van der Waals surface area (Å²) < 4.78 is 0. The van der Waals surface area contributed by atoms with E-state index in [2.05, 4.69) is 41.0 Å². The minimum atomic E-state index is -0.290. The first kappa shape index (κ1) is 35.3. The van der Waals surface area contributed by atoms with Gasteiger partial charge >= 0.3 is 0 Å². The Kier molecular flexibility index (Phi) is 9.90. The van der Waals surface area contributed by atoms with Crippen LogP contribution in [0.3, 0.4) is 0 Å². The topological polar surface area (TPSA) is 166 Å². The van der Waals surface area contributed by atoms with Crippen molar-refractivity contribution in [1.29, 1.82) is 0 Å². The smallest absolute Gasteiger partial charge is 0.262 e. The molecule has 12 nitrogen and oxygen atoms in total. The van der Waals surface area contributed by atoms with Crippen LogP contribution in [-0.4, -0.2) is 42.3 Å². The second-order valence-electron chi connectivity index (χ2n) is 12.3. The van der Waals surface area contributed by atoms with Crippen LogP contribution >= 0.6 is 45.3 Å². The first-order chi connectivity index (χ1) is 27.6. The maximum absolute atomic E-state index is 13.3. The lowest BCUT2D eigenvalue weighted by Gasteiger charge is -2.08. The zero-order valence-corrected chi connectivity index (χ0v) is 32.4. The third-order valence-corrected chi connectivity index (χ3v) is 12.3. The predicted octanol–water partition coefficient (Wildman–Crippen LogP) is 9.14. The molecule has 8 aromatic heterocycles. The van der Waals surface area contributed by atoms with Crippen LogP contribution < -0.4 is 22.0 Å². The third kappa shape index (κ3) is 7.45. The van der Waals surface area contributed by atoms with E-state index in [4.69, 9.17) is 9.97 Å². The molecule has 0 atom stereocenters. The van der Waals surface area contributed by atoms with Gasteiger partial charge in [-0.1, -0.05) is 48.5 Å². The van der Waals surface area contributed by atoms with E-state index in [0.29, 0.717) is 34.9 Å². The number of benzene rings is 1. The third-order valence-electron chi connectivity index (χ3n) is 8.68. The molecule has 8 heterocycles. The lowest BCUT2D eigenvalue weighted by atomic mass is 10.1. The molecule has 9 aromatic rings. The summed E-state index contributed by atoms with van der Waals surface area (Å²) in [5.74, 6) is 0.417. The molecule has 274 valence electrons. The van der Waals surface area contributed by atoms with Gasteiger partial charge in [-0.15, -0.1) is 45.3 Å². The number of nitrogens with one attached hydrogen (secondary N) is 4. The van der Waals surface area contributed by atoms with Crippen molar-refractivity contribution in [1.82, 2.24) is 29.9 Å². The summed E-state index contributed by atoms with van der Waals surface area (Å²) in [5, 5.41) is 17.4. The molecular weight excluding hydrogens is 781 g/mol. The molecule has 0 saturated heterocycles. The van der Waals surface area contributed by atoms with Gasteiger partial charge in [0.1, 0.15) is 0 Å². The van der Waals surface area contributed by atoms with E-state index in [-0.39, 0.29) is 23.0 Å². The van der Waals surface area contributed by atoms with E-state index in [0.717, 1.165) is 53.2 Å². The normalized spacial score (nSPS) is 11.7. The first-order valence-electron chi connectivity index (χ1n) is 17.2. The number of hydrazone groups is 2. The highest BCUT2D eigenvalue weighted by atomic mass is 32.1. The number of aromatic amines is 2. The van der Waals surface area contributed by atoms with Gasteiger partial charge in [0.25, 0.3) is 11.1 Å². The van der Waals surface area contributed by atoms with E-state index >= 15 is 0 Å². The van der Waals surface area contributed by atoms with Crippen LogP contribution in [0.4, 0.5) is 11.9 Å². The summed E-state index contributed by atoms with van der Waals surface area (Å²) in [6, 6.07) is 27.8. The van der Waals surface area contributed by atoms with Crippen LogP contribution in [0.1, 0.15) is 11.1 Å². The van der Waals surface area contributed by atoms with Crippen LogP contribution in [0.15, 0.2) is 126 Å². The lowest BCUT2D eigenvalue weighted by molar-refractivity contribution is 1.10. The van der Waals surface area contributed by atoms with Crippen molar-refractivity contribution < 1.29 is 0 Å². The van der Waals surface area contributed by atoms with Gasteiger partial charge in [0.2, 0.25) is 11.9 Å². The fourth-order valence-corrected chi connectivity index (χ4v) is 8.94. The Morgan fingerprint density at radius 2 is 0.929 bits per heavy atom. The molecule has 0 radical (unpaired) electrons. The van der Waals surface area contributed by atoms with Crippen LogP contribution in [0, 0.1) is 0 Å². The predicted molar refractivity (Wildman–Crippen MR) is 232 cm³/mol. The van der Waals surface area contributed by atoms with Crippen molar-refractivity contribution >= 4 is 91.7 Å². The zero-order valence-electron chi connectivity index (χ0n) is 29.1. The van der Waals surface area contributed by atoms with Gasteiger partial charge in [0.05, 0.1) is 31.9 Å². The minimum absolute atomic E-state index is 0.209. The molecule has 0 aliphatic carbocycles. The second kappa shape index (κ2) is 15.7. The molecule has 0 bridgehead atoms. The molecule has 0 spiro atoms. The van der Waals surface area contributed by atoms with Gasteiger partial charge < -0.3 is 0 Å². The Labute approximate surface area is 334 Å². The van der Waals surface area contributed by atoms with Gasteiger partial charge in [0.15, 0.2) is 11.3 Å². The van der Waals surface area contributed by atoms with Crippen LogP contribution in [-0.2, 0) is 12.8 Å². The van der Waals surface area contributed by atoms with Crippen LogP contribution in [0.5, 0.6) is 0 Å². The molecule has 56 heavy (non-hydrogen) atoms. The zero-order chi connectivity index (χ0) is 37.8. The fraction of sp³-hybridized carbons (Fsp3) is 0.0500. The van der Waals surface area contributed by atoms with Crippen molar-refractivity contribution in [2.24, 2.45) is 10.2 Å². The maximum atomic E-state index is 13.3. The van der Waals surface area contributed by atoms with Gasteiger partial charge in [-0.05, 0) is 69.0 Å². The molecule has 4 N–H and O–H groups in total. The number of nitrogens with zero attached hydrogens (tertiary/aromatic N) is 6. The number of rotatable bonds is 12. The first-order valence-corrected chi connectivity index (χ1v) is 20.8. The van der Waals surface area contributed by atoms with E-state index in [1.54, 1.807) is 57.8 Å². The highest BCUT2D eigenvalue weighted by Gasteiger charge is 2.17. The van der Waals surface area contributed by atoms with Crippen molar-refractivity contribution in [2.45, 2.75) is 12.8 Å². The number of H-pyrrole nitrogens is 2. The Bertz CT molecular complexity index is 2750. The number of aromatic nitrogens is 6. The lowest BCUT2D eigenvalue weighted by Crippen LogP contribution is -2.13. The molecule has 0 amide bonds. The summed E-state index contributed by atoms with van der Waals surface area (Å²) in [6.07, 6.45) is 4.55. The summed E-state index contributed by atoms with van der Waals surface area (Å²) >= 11 is 6.29. The summed E-state index contributed by atoms with van der Waals surface area (Å²) in [7, 11) is 0. The van der Waals surface area contributed by atoms with Gasteiger partial charge in [0, 0.05) is 46.2 Å². The number of pyridine rings is 2. The van der Waals surface area contributed by atoms with Crippen molar-refractivity contribution in [3.63, 3.8) is 0 Å². The van der Waals surface area contributed by atoms with Gasteiger partial charge in [-0.2, -0.15) is 20.2 Å². The minimum Gasteiger partial charge on any atom is -0.291 e. The summed E-state index contributed by atoms with van der Waals surface area (Å²) in [4.78, 5) is 54.8. The van der Waals surface area contributed by atoms with E-state index in [1.165, 1.54) is 0 Å². The number of hydrogen-bond acceptors (Lipinski definition) is 14. The molecular formula is C40H28N10O2S4. The molecule has 0 saturated carbocycles. The largest absolute Gasteiger partial charge is 0.291 e. The highest BCUT2D eigenvalue weighted by molar-refractivity contribution is 7.14. The number of thiophene rings is 4. The fourth-order valence-electron chi connectivity index (χ4n) is 6.07. The molecule has 0 unspecified atom stereocenters. The standard InChI is InChI=1S/C40H28N10O2S4/c51-37-33-25(29-5-1-17-53-29)21-27(31-7-3-19-55-31)43-35(33)45-39(47-37)49-41-15-13-23-9-11-24(12-10-23)14-16-42-50-40-46-36-34(38(52)48-40)26(30-6-2-18-54-30)22-28(44-36)32-8-4-20-56-32/h1-12,15-22H,13-14H2,(H2,43,45,47,49,51)(H2,44,46,48,50,52)/b41-15+,42-16+. The number of fused-ring (bicyclic) bond motifs is 2. The van der Waals surface area contributed by atoms with Crippen LogP contribution in [0.2, 0.25) is 0 Å². The SMILES string of the molecule is O=c1[nH]c(N/N=C/Cc2ccc(C/C=N/Nc3nc4nc(-c5cccs5)cc(-c5cccs5)c4c(=O)[nH]3)cc2)nc2nc(-c3cccs3)cc(-c3cccs3)c12. The van der Waals surface area contributed by atoms with E-state index in [1.807, 2.05) is 106 Å². The molecule has 0 aliphatic rings. The van der Waals surface area contributed by atoms with Crippen molar-refractivity contribution in [2.75, 3.05) is 10.9 Å². The number of hydrogen-bond donors (Lipinski definition) is 4. The van der Waals surface area contributed by atoms with E-state index < -0.39 is 0 Å². The average molecular weight is 809 g/mol. The molecule has 0 aliphatic heterocycles. The van der Waals surface area contributed by atoms with Crippen molar-refractivity contribution in [3.8, 4) is 42.0 Å². The average Bonchev–Trinajstić information content (AvgIpc) is 4.06. The summed E-state index contributed by atoms with van der Waals surface area (Å²) in [5.41, 5.74) is 11.0. The van der Waals surface area contributed by atoms with Gasteiger partial charge in [-0.25, -0.2) is 20.8 Å². The Hall–Kier alpha value is -6.46. The van der Waals surface area contributed by atoms with Crippen LogP contribution in [0.25, 0.3) is 64.1 Å². The second-order valence-corrected chi connectivity index (χ2v) is 16.1. The number of anilines is 2. The molecule has 16 heteroatoms. The molecule has 1 aromatic carbocycles.